The first-order valence-corrected chi connectivity index (χ1v) is 9.53. The summed E-state index contributed by atoms with van der Waals surface area (Å²) in [5.41, 5.74) is 1.12. The summed E-state index contributed by atoms with van der Waals surface area (Å²) in [5, 5.41) is 0.901. The predicted molar refractivity (Wildman–Crippen MR) is 103 cm³/mol. The van der Waals surface area contributed by atoms with E-state index in [1.165, 1.54) is 17.8 Å². The number of ether oxygens (including phenoxy) is 1. The van der Waals surface area contributed by atoms with Crippen LogP contribution in [0.5, 0.6) is 5.75 Å². The van der Waals surface area contributed by atoms with Crippen LogP contribution in [-0.4, -0.2) is 53.5 Å². The Hall–Kier alpha value is -2.87. The summed E-state index contributed by atoms with van der Waals surface area (Å²) < 4.78 is 15.0. The van der Waals surface area contributed by atoms with Crippen molar-refractivity contribution >= 4 is 22.6 Å². The third-order valence-electron chi connectivity index (χ3n) is 4.52. The standard InChI is InChI=1S/C19H20N4O3S/c1-25-15-5-2-4-14(12-15)13-17-20-19(27-21-17)23-9-7-22(8-10-23)18(24)16-6-3-11-26-16/h2-6,11-12H,7-10,13H2,1H3. The van der Waals surface area contributed by atoms with Gasteiger partial charge in [0.25, 0.3) is 5.91 Å². The summed E-state index contributed by atoms with van der Waals surface area (Å²) >= 11 is 1.40. The number of carbonyl (C=O) groups excluding carboxylic acids is 1. The molecule has 2 aromatic heterocycles. The first kappa shape index (κ1) is 17.5. The van der Waals surface area contributed by atoms with Crippen molar-refractivity contribution < 1.29 is 13.9 Å². The van der Waals surface area contributed by atoms with Gasteiger partial charge in [0, 0.05) is 44.1 Å². The Balaban J connectivity index is 1.36. The van der Waals surface area contributed by atoms with Gasteiger partial charge in [-0.3, -0.25) is 4.79 Å². The minimum atomic E-state index is -0.0596. The Morgan fingerprint density at radius 1 is 1.22 bits per heavy atom. The minimum Gasteiger partial charge on any atom is -0.497 e. The lowest BCUT2D eigenvalue weighted by Gasteiger charge is -2.33. The van der Waals surface area contributed by atoms with Crippen molar-refractivity contribution in [1.82, 2.24) is 14.3 Å². The molecule has 0 radical (unpaired) electrons. The number of hydrogen-bond donors (Lipinski definition) is 0. The van der Waals surface area contributed by atoms with Crippen LogP contribution in [0.1, 0.15) is 21.9 Å². The maximum absolute atomic E-state index is 12.3. The number of carbonyl (C=O) groups is 1. The molecule has 1 saturated heterocycles. The van der Waals surface area contributed by atoms with Crippen LogP contribution in [-0.2, 0) is 6.42 Å². The lowest BCUT2D eigenvalue weighted by Crippen LogP contribution is -2.48. The molecule has 7 nitrogen and oxygen atoms in total. The van der Waals surface area contributed by atoms with Gasteiger partial charge in [-0.25, -0.2) is 4.98 Å². The Morgan fingerprint density at radius 3 is 2.81 bits per heavy atom. The molecule has 27 heavy (non-hydrogen) atoms. The first-order chi connectivity index (χ1) is 13.2. The van der Waals surface area contributed by atoms with E-state index in [1.807, 2.05) is 29.2 Å². The smallest absolute Gasteiger partial charge is 0.289 e. The van der Waals surface area contributed by atoms with Crippen molar-refractivity contribution in [3.63, 3.8) is 0 Å². The Morgan fingerprint density at radius 2 is 2.07 bits per heavy atom. The topological polar surface area (TPSA) is 71.7 Å². The van der Waals surface area contributed by atoms with E-state index in [-0.39, 0.29) is 5.91 Å². The Kier molecular flexibility index (Phi) is 5.06. The van der Waals surface area contributed by atoms with Gasteiger partial charge in [0.2, 0.25) is 5.13 Å². The quantitative estimate of drug-likeness (QED) is 0.674. The van der Waals surface area contributed by atoms with Gasteiger partial charge >= 0.3 is 0 Å². The van der Waals surface area contributed by atoms with Crippen molar-refractivity contribution in [1.29, 1.82) is 0 Å². The van der Waals surface area contributed by atoms with Gasteiger partial charge in [0.1, 0.15) is 11.6 Å². The number of furan rings is 1. The number of methoxy groups -OCH3 is 1. The summed E-state index contributed by atoms with van der Waals surface area (Å²) in [4.78, 5) is 21.0. The summed E-state index contributed by atoms with van der Waals surface area (Å²) in [5.74, 6) is 1.97. The number of rotatable bonds is 5. The summed E-state index contributed by atoms with van der Waals surface area (Å²) in [7, 11) is 1.66. The lowest BCUT2D eigenvalue weighted by molar-refractivity contribution is 0.0714. The number of piperazine rings is 1. The van der Waals surface area contributed by atoms with E-state index >= 15 is 0 Å². The number of hydrogen-bond acceptors (Lipinski definition) is 7. The molecule has 0 unspecified atom stereocenters. The highest BCUT2D eigenvalue weighted by molar-refractivity contribution is 7.09. The van der Waals surface area contributed by atoms with Gasteiger partial charge in [-0.05, 0) is 29.8 Å². The second-order valence-electron chi connectivity index (χ2n) is 6.28. The zero-order valence-corrected chi connectivity index (χ0v) is 15.8. The fourth-order valence-corrected chi connectivity index (χ4v) is 3.80. The molecule has 0 saturated carbocycles. The molecule has 0 aliphatic carbocycles. The maximum atomic E-state index is 12.3. The maximum Gasteiger partial charge on any atom is 0.289 e. The van der Waals surface area contributed by atoms with Crippen LogP contribution in [0.4, 0.5) is 5.13 Å². The highest BCUT2D eigenvalue weighted by Crippen LogP contribution is 2.22. The van der Waals surface area contributed by atoms with E-state index in [9.17, 15) is 4.79 Å². The largest absolute Gasteiger partial charge is 0.497 e. The molecule has 140 valence electrons. The predicted octanol–water partition coefficient (Wildman–Crippen LogP) is 2.69. The van der Waals surface area contributed by atoms with Crippen LogP contribution in [0, 0.1) is 0 Å². The van der Waals surface area contributed by atoms with Gasteiger partial charge in [0.05, 0.1) is 13.4 Å². The van der Waals surface area contributed by atoms with Gasteiger partial charge in [-0.2, -0.15) is 4.37 Å². The third kappa shape index (κ3) is 3.95. The highest BCUT2D eigenvalue weighted by atomic mass is 32.1. The van der Waals surface area contributed by atoms with Crippen molar-refractivity contribution in [3.8, 4) is 5.75 Å². The second kappa shape index (κ2) is 7.79. The molecule has 3 aromatic rings. The van der Waals surface area contributed by atoms with E-state index in [2.05, 4.69) is 14.3 Å². The average Bonchev–Trinajstić information content (AvgIpc) is 3.40. The van der Waals surface area contributed by atoms with Crippen LogP contribution in [0.15, 0.2) is 47.1 Å². The van der Waals surface area contributed by atoms with Crippen molar-refractivity contribution in [2.45, 2.75) is 6.42 Å². The first-order valence-electron chi connectivity index (χ1n) is 8.76. The monoisotopic (exact) mass is 384 g/mol. The molecular weight excluding hydrogens is 364 g/mol. The second-order valence-corrected chi connectivity index (χ2v) is 7.01. The number of benzene rings is 1. The zero-order valence-electron chi connectivity index (χ0n) is 15.0. The number of nitrogens with zero attached hydrogens (tertiary/aromatic N) is 4. The van der Waals surface area contributed by atoms with E-state index in [4.69, 9.17) is 9.15 Å². The third-order valence-corrected chi connectivity index (χ3v) is 5.34. The molecule has 1 amide bonds. The SMILES string of the molecule is COc1cccc(Cc2nsc(N3CCN(C(=O)c4ccco4)CC3)n2)c1. The van der Waals surface area contributed by atoms with Gasteiger partial charge in [0.15, 0.2) is 5.76 Å². The van der Waals surface area contributed by atoms with E-state index < -0.39 is 0 Å². The van der Waals surface area contributed by atoms with Crippen LogP contribution in [0.3, 0.4) is 0 Å². The number of amides is 1. The van der Waals surface area contributed by atoms with Crippen molar-refractivity contribution in [2.75, 3.05) is 38.2 Å². The van der Waals surface area contributed by atoms with E-state index in [1.54, 1.807) is 19.2 Å². The Labute approximate surface area is 161 Å². The Bertz CT molecular complexity index is 901. The fraction of sp³-hybridized carbons (Fsp3) is 0.316. The van der Waals surface area contributed by atoms with Crippen LogP contribution in [0.2, 0.25) is 0 Å². The minimum absolute atomic E-state index is 0.0596. The van der Waals surface area contributed by atoms with Crippen LogP contribution >= 0.6 is 11.5 Å². The molecule has 1 aromatic carbocycles. The fourth-order valence-electron chi connectivity index (χ4n) is 3.07. The number of anilines is 1. The van der Waals surface area contributed by atoms with Crippen molar-refractivity contribution in [3.05, 3.63) is 59.8 Å². The van der Waals surface area contributed by atoms with Gasteiger partial charge in [-0.1, -0.05) is 12.1 Å². The molecule has 4 rings (SSSR count). The molecule has 0 N–H and O–H groups in total. The normalized spacial score (nSPS) is 14.4. The molecule has 8 heteroatoms. The molecule has 1 fully saturated rings. The van der Waals surface area contributed by atoms with Crippen LogP contribution in [0.25, 0.3) is 0 Å². The highest BCUT2D eigenvalue weighted by Gasteiger charge is 2.25. The average molecular weight is 384 g/mol. The van der Waals surface area contributed by atoms with E-state index in [0.29, 0.717) is 25.3 Å². The molecule has 3 heterocycles. The number of aromatic nitrogens is 2. The molecule has 0 spiro atoms. The van der Waals surface area contributed by atoms with Crippen molar-refractivity contribution in [2.24, 2.45) is 0 Å². The molecule has 0 atom stereocenters. The van der Waals surface area contributed by atoms with Gasteiger partial charge in [-0.15, -0.1) is 0 Å². The molecule has 1 aliphatic rings. The zero-order chi connectivity index (χ0) is 18.6. The lowest BCUT2D eigenvalue weighted by atomic mass is 10.1. The van der Waals surface area contributed by atoms with Crippen LogP contribution < -0.4 is 9.64 Å². The van der Waals surface area contributed by atoms with E-state index in [0.717, 1.165) is 35.4 Å². The summed E-state index contributed by atoms with van der Waals surface area (Å²) in [6.07, 6.45) is 2.19. The molecule has 1 aliphatic heterocycles. The summed E-state index contributed by atoms with van der Waals surface area (Å²) in [6, 6.07) is 11.4. The molecular formula is C19H20N4O3S. The van der Waals surface area contributed by atoms with Gasteiger partial charge < -0.3 is 19.0 Å². The summed E-state index contributed by atoms with van der Waals surface area (Å²) in [6.45, 7) is 2.76. The molecule has 0 bridgehead atoms.